The maximum atomic E-state index is 13.9. The van der Waals surface area contributed by atoms with E-state index >= 15 is 0 Å². The van der Waals surface area contributed by atoms with Crippen molar-refractivity contribution < 1.29 is 23.7 Å². The average molecular weight is 689 g/mol. The number of aryl methyl sites for hydroxylation is 4. The van der Waals surface area contributed by atoms with Crippen LogP contribution in [0.5, 0.6) is 23.0 Å². The molecule has 11 nitrogen and oxygen atoms in total. The monoisotopic (exact) mass is 688 g/mol. The minimum Gasteiger partial charge on any atom is -0.493 e. The molecule has 0 aliphatic carbocycles. The number of nitrogens with zero attached hydrogens (tertiary/aromatic N) is 5. The minimum absolute atomic E-state index is 0.174. The van der Waals surface area contributed by atoms with Gasteiger partial charge in [0, 0.05) is 61.8 Å². The predicted octanol–water partition coefficient (Wildman–Crippen LogP) is 6.96. The molecule has 0 atom stereocenters. The standard InChI is InChI=1S/C37H45ClN6O5/c1-24-18-26(3)34(27(4)19-24)49-37(45)44(23-28-20-29(38)9-8-25(28)2)33-10-11-39-36(41-33)40-30-21-31(46-6)35(32(22-30)47-7)48-17-16-43-14-12-42(5)13-15-43/h8-11,18-22H,12-17,23H2,1-7H3,(H,39,40,41). The number of carbonyl (C=O) groups is 1. The highest BCUT2D eigenvalue weighted by Gasteiger charge is 2.24. The third kappa shape index (κ3) is 9.11. The van der Waals surface area contributed by atoms with Gasteiger partial charge in [0.15, 0.2) is 11.5 Å². The number of methoxy groups -OCH3 is 2. The summed E-state index contributed by atoms with van der Waals surface area (Å²) in [5.74, 6) is 2.64. The maximum absolute atomic E-state index is 13.9. The Hall–Kier alpha value is -4.58. The topological polar surface area (TPSA) is 102 Å². The van der Waals surface area contributed by atoms with Gasteiger partial charge in [0.25, 0.3) is 0 Å². The lowest BCUT2D eigenvalue weighted by atomic mass is 10.1. The van der Waals surface area contributed by atoms with Crippen LogP contribution < -0.4 is 29.2 Å². The molecule has 1 N–H and O–H groups in total. The number of rotatable bonds is 12. The Balaban J connectivity index is 1.39. The van der Waals surface area contributed by atoms with Gasteiger partial charge in [-0.15, -0.1) is 0 Å². The number of aromatic nitrogens is 2. The molecule has 49 heavy (non-hydrogen) atoms. The van der Waals surface area contributed by atoms with Gasteiger partial charge in [-0.2, -0.15) is 4.98 Å². The second-order valence-corrected chi connectivity index (χ2v) is 12.8. The highest BCUT2D eigenvalue weighted by Crippen LogP contribution is 2.41. The molecule has 0 spiro atoms. The number of likely N-dealkylation sites (N-methyl/N-ethyl adjacent to an activating group) is 1. The van der Waals surface area contributed by atoms with E-state index in [2.05, 4.69) is 27.1 Å². The summed E-state index contributed by atoms with van der Waals surface area (Å²) in [6.45, 7) is 13.4. The van der Waals surface area contributed by atoms with Crippen LogP contribution in [0.4, 0.5) is 22.2 Å². The molecule has 1 aliphatic rings. The van der Waals surface area contributed by atoms with Crippen molar-refractivity contribution in [3.63, 3.8) is 0 Å². The lowest BCUT2D eigenvalue weighted by Crippen LogP contribution is -2.45. The number of carbonyl (C=O) groups excluding carboxylic acids is 1. The van der Waals surface area contributed by atoms with Crippen LogP contribution in [-0.4, -0.2) is 86.5 Å². The molecule has 4 aromatic rings. The third-order valence-electron chi connectivity index (χ3n) is 8.54. The number of halogens is 1. The number of benzene rings is 3. The van der Waals surface area contributed by atoms with Crippen molar-refractivity contribution in [2.75, 3.05) is 70.8 Å². The summed E-state index contributed by atoms with van der Waals surface area (Å²) in [4.78, 5) is 29.3. The Kier molecular flexibility index (Phi) is 11.8. The number of piperazine rings is 1. The summed E-state index contributed by atoms with van der Waals surface area (Å²) in [5, 5.41) is 3.80. The molecule has 1 saturated heterocycles. The second-order valence-electron chi connectivity index (χ2n) is 12.3. The highest BCUT2D eigenvalue weighted by molar-refractivity contribution is 6.30. The SMILES string of the molecule is COc1cc(Nc2nccc(N(Cc3cc(Cl)ccc3C)C(=O)Oc3c(C)cc(C)cc3C)n2)cc(OC)c1OCCN1CCN(C)CC1. The first-order chi connectivity index (χ1) is 23.5. The van der Waals surface area contributed by atoms with E-state index < -0.39 is 6.09 Å². The molecule has 1 amide bonds. The van der Waals surface area contributed by atoms with Crippen molar-refractivity contribution >= 4 is 35.1 Å². The van der Waals surface area contributed by atoms with Crippen molar-refractivity contribution in [1.82, 2.24) is 19.8 Å². The summed E-state index contributed by atoms with van der Waals surface area (Å²) in [5.41, 5.74) is 5.26. The Morgan fingerprint density at radius 2 is 1.57 bits per heavy atom. The van der Waals surface area contributed by atoms with Crippen molar-refractivity contribution in [2.24, 2.45) is 0 Å². The van der Waals surface area contributed by atoms with Gasteiger partial charge in [-0.1, -0.05) is 35.4 Å². The number of nitrogens with one attached hydrogen (secondary N) is 1. The number of ether oxygens (including phenoxy) is 4. The summed E-state index contributed by atoms with van der Waals surface area (Å²) >= 11 is 6.35. The quantitative estimate of drug-likeness (QED) is 0.168. The number of hydrogen-bond donors (Lipinski definition) is 1. The summed E-state index contributed by atoms with van der Waals surface area (Å²) < 4.78 is 23.6. The molecule has 0 bridgehead atoms. The fraction of sp³-hybridized carbons (Fsp3) is 0.378. The molecule has 1 aliphatic heterocycles. The molecular weight excluding hydrogens is 644 g/mol. The minimum atomic E-state index is -0.583. The Labute approximate surface area is 293 Å². The molecule has 0 radical (unpaired) electrons. The fourth-order valence-corrected chi connectivity index (χ4v) is 6.02. The Morgan fingerprint density at radius 1 is 0.898 bits per heavy atom. The van der Waals surface area contributed by atoms with Crippen LogP contribution in [0.2, 0.25) is 5.02 Å². The lowest BCUT2D eigenvalue weighted by Gasteiger charge is -2.32. The van der Waals surface area contributed by atoms with Gasteiger partial charge in [-0.05, 0) is 75.2 Å². The highest BCUT2D eigenvalue weighted by atomic mass is 35.5. The molecule has 12 heteroatoms. The van der Waals surface area contributed by atoms with Crippen LogP contribution in [0, 0.1) is 27.7 Å². The van der Waals surface area contributed by atoms with Crippen LogP contribution in [0.1, 0.15) is 27.8 Å². The van der Waals surface area contributed by atoms with Gasteiger partial charge < -0.3 is 29.2 Å². The number of hydrogen-bond acceptors (Lipinski definition) is 10. The van der Waals surface area contributed by atoms with E-state index in [1.807, 2.05) is 58.0 Å². The van der Waals surface area contributed by atoms with E-state index in [0.717, 1.165) is 60.5 Å². The van der Waals surface area contributed by atoms with Crippen molar-refractivity contribution in [2.45, 2.75) is 34.2 Å². The van der Waals surface area contributed by atoms with Gasteiger partial charge >= 0.3 is 6.09 Å². The van der Waals surface area contributed by atoms with Crippen LogP contribution in [-0.2, 0) is 6.54 Å². The largest absolute Gasteiger partial charge is 0.493 e. The molecule has 1 fully saturated rings. The molecule has 0 saturated carbocycles. The van der Waals surface area contributed by atoms with E-state index in [-0.39, 0.29) is 12.5 Å². The van der Waals surface area contributed by atoms with Crippen LogP contribution >= 0.6 is 11.6 Å². The molecule has 1 aromatic heterocycles. The Morgan fingerprint density at radius 3 is 2.22 bits per heavy atom. The molecular formula is C37H45ClN6O5. The molecule has 2 heterocycles. The predicted molar refractivity (Wildman–Crippen MR) is 193 cm³/mol. The first-order valence-electron chi connectivity index (χ1n) is 16.3. The van der Waals surface area contributed by atoms with E-state index in [4.69, 9.17) is 35.5 Å². The first-order valence-corrected chi connectivity index (χ1v) is 16.6. The van der Waals surface area contributed by atoms with Crippen molar-refractivity contribution in [3.8, 4) is 23.0 Å². The first kappa shape index (κ1) is 35.7. The van der Waals surface area contributed by atoms with Crippen molar-refractivity contribution in [3.05, 3.63) is 87.6 Å². The Bertz CT molecular complexity index is 1730. The molecule has 260 valence electrons. The van der Waals surface area contributed by atoms with E-state index in [1.54, 1.807) is 38.6 Å². The molecule has 0 unspecified atom stereocenters. The summed E-state index contributed by atoms with van der Waals surface area (Å²) in [7, 11) is 5.31. The zero-order chi connectivity index (χ0) is 35.1. The molecule has 3 aromatic carbocycles. The van der Waals surface area contributed by atoms with Crippen LogP contribution in [0.3, 0.4) is 0 Å². The second kappa shape index (κ2) is 16.2. The zero-order valence-electron chi connectivity index (χ0n) is 29.3. The van der Waals surface area contributed by atoms with E-state index in [0.29, 0.717) is 46.1 Å². The number of anilines is 3. The van der Waals surface area contributed by atoms with Gasteiger partial charge in [-0.25, -0.2) is 9.78 Å². The van der Waals surface area contributed by atoms with Crippen LogP contribution in [0.25, 0.3) is 0 Å². The average Bonchev–Trinajstić information content (AvgIpc) is 3.07. The van der Waals surface area contributed by atoms with E-state index in [9.17, 15) is 4.79 Å². The van der Waals surface area contributed by atoms with Gasteiger partial charge in [0.1, 0.15) is 18.2 Å². The normalized spacial score (nSPS) is 13.6. The molecule has 5 rings (SSSR count). The van der Waals surface area contributed by atoms with Gasteiger partial charge in [-0.3, -0.25) is 9.80 Å². The maximum Gasteiger partial charge on any atom is 0.421 e. The third-order valence-corrected chi connectivity index (χ3v) is 8.77. The number of amides is 1. The smallest absolute Gasteiger partial charge is 0.421 e. The van der Waals surface area contributed by atoms with Gasteiger partial charge in [0.2, 0.25) is 11.7 Å². The summed E-state index contributed by atoms with van der Waals surface area (Å²) in [6.07, 6.45) is 1.00. The zero-order valence-corrected chi connectivity index (χ0v) is 30.1. The lowest BCUT2D eigenvalue weighted by molar-refractivity contribution is 0.131. The fourth-order valence-electron chi connectivity index (χ4n) is 5.82. The van der Waals surface area contributed by atoms with Gasteiger partial charge in [0.05, 0.1) is 20.8 Å². The van der Waals surface area contributed by atoms with E-state index in [1.165, 1.54) is 4.90 Å². The van der Waals surface area contributed by atoms with Crippen LogP contribution in [0.15, 0.2) is 54.7 Å². The van der Waals surface area contributed by atoms with Crippen molar-refractivity contribution in [1.29, 1.82) is 0 Å². The summed E-state index contributed by atoms with van der Waals surface area (Å²) in [6, 6.07) is 14.8.